The maximum Gasteiger partial charge on any atom is 0.233 e. The van der Waals surface area contributed by atoms with Crippen molar-refractivity contribution < 1.29 is 4.74 Å². The number of imidazole rings is 1. The van der Waals surface area contributed by atoms with Gasteiger partial charge in [0.25, 0.3) is 0 Å². The van der Waals surface area contributed by atoms with Crippen LogP contribution in [0.1, 0.15) is 5.69 Å². The first-order chi connectivity index (χ1) is 7.42. The molecule has 1 N–H and O–H groups in total. The van der Waals surface area contributed by atoms with E-state index in [2.05, 4.69) is 15.3 Å². The van der Waals surface area contributed by atoms with Crippen LogP contribution in [0.5, 0.6) is 0 Å². The highest BCUT2D eigenvalue weighted by Gasteiger charge is 2.01. The maximum atomic E-state index is 4.95. The quantitative estimate of drug-likeness (QED) is 0.722. The van der Waals surface area contributed by atoms with Crippen LogP contribution < -0.4 is 5.32 Å². The van der Waals surface area contributed by atoms with E-state index in [-0.39, 0.29) is 0 Å². The van der Waals surface area contributed by atoms with Crippen LogP contribution in [0.3, 0.4) is 0 Å². The van der Waals surface area contributed by atoms with Gasteiger partial charge in [-0.3, -0.25) is 4.40 Å². The largest absolute Gasteiger partial charge is 0.383 e. The van der Waals surface area contributed by atoms with Crippen LogP contribution in [-0.4, -0.2) is 34.6 Å². The fourth-order valence-corrected chi connectivity index (χ4v) is 1.40. The smallest absolute Gasteiger partial charge is 0.233 e. The van der Waals surface area contributed by atoms with Gasteiger partial charge in [0.1, 0.15) is 0 Å². The lowest BCUT2D eigenvalue weighted by molar-refractivity contribution is 0.199. The molecule has 2 heterocycles. The van der Waals surface area contributed by atoms with Crippen LogP contribution in [0.15, 0.2) is 24.7 Å². The standard InChI is InChI=1S/C10H14N4O/c1-15-6-4-11-7-9-8-13-10-12-3-2-5-14(9)10/h2-3,5,8,11H,4,6-7H2,1H3. The van der Waals surface area contributed by atoms with Gasteiger partial charge in [0.05, 0.1) is 18.5 Å². The molecule has 0 aliphatic heterocycles. The molecule has 0 aliphatic carbocycles. The van der Waals surface area contributed by atoms with Gasteiger partial charge >= 0.3 is 0 Å². The summed E-state index contributed by atoms with van der Waals surface area (Å²) in [5.74, 6) is 0.737. The lowest BCUT2D eigenvalue weighted by Crippen LogP contribution is -2.19. The summed E-state index contributed by atoms with van der Waals surface area (Å²) in [5, 5.41) is 3.27. The zero-order chi connectivity index (χ0) is 10.5. The van der Waals surface area contributed by atoms with Crippen molar-refractivity contribution in [1.82, 2.24) is 19.7 Å². The first-order valence-electron chi connectivity index (χ1n) is 4.88. The topological polar surface area (TPSA) is 51.5 Å². The van der Waals surface area contributed by atoms with E-state index in [0.29, 0.717) is 0 Å². The second kappa shape index (κ2) is 4.86. The third-order valence-corrected chi connectivity index (χ3v) is 2.15. The molecule has 2 rings (SSSR count). The third kappa shape index (κ3) is 2.31. The van der Waals surface area contributed by atoms with E-state index < -0.39 is 0 Å². The normalized spacial score (nSPS) is 11.0. The van der Waals surface area contributed by atoms with Gasteiger partial charge in [-0.15, -0.1) is 0 Å². The number of hydrogen-bond acceptors (Lipinski definition) is 4. The molecule has 0 amide bonds. The van der Waals surface area contributed by atoms with Crippen molar-refractivity contribution in [3.63, 3.8) is 0 Å². The van der Waals surface area contributed by atoms with Crippen LogP contribution in [0.4, 0.5) is 0 Å². The highest BCUT2D eigenvalue weighted by molar-refractivity contribution is 5.30. The summed E-state index contributed by atoms with van der Waals surface area (Å²) in [5.41, 5.74) is 1.11. The Morgan fingerprint density at radius 3 is 3.27 bits per heavy atom. The number of methoxy groups -OCH3 is 1. The number of fused-ring (bicyclic) bond motifs is 1. The van der Waals surface area contributed by atoms with Crippen molar-refractivity contribution >= 4 is 5.78 Å². The molecular weight excluding hydrogens is 192 g/mol. The average molecular weight is 206 g/mol. The van der Waals surface area contributed by atoms with Crippen molar-refractivity contribution in [3.8, 4) is 0 Å². The second-order valence-corrected chi connectivity index (χ2v) is 3.21. The SMILES string of the molecule is COCCNCc1cnc2ncccn12. The van der Waals surface area contributed by atoms with Gasteiger partial charge in [-0.05, 0) is 6.07 Å². The van der Waals surface area contributed by atoms with Crippen molar-refractivity contribution in [2.75, 3.05) is 20.3 Å². The molecule has 15 heavy (non-hydrogen) atoms. The van der Waals surface area contributed by atoms with Crippen molar-refractivity contribution in [2.24, 2.45) is 0 Å². The molecule has 80 valence electrons. The van der Waals surface area contributed by atoms with Gasteiger partial charge in [0.2, 0.25) is 5.78 Å². The second-order valence-electron chi connectivity index (χ2n) is 3.21. The van der Waals surface area contributed by atoms with Gasteiger partial charge < -0.3 is 10.1 Å². The number of aromatic nitrogens is 3. The van der Waals surface area contributed by atoms with E-state index in [9.17, 15) is 0 Å². The van der Waals surface area contributed by atoms with Gasteiger partial charge in [0, 0.05) is 32.6 Å². The van der Waals surface area contributed by atoms with Gasteiger partial charge in [-0.2, -0.15) is 0 Å². The summed E-state index contributed by atoms with van der Waals surface area (Å²) in [6.07, 6.45) is 5.54. The molecule has 0 atom stereocenters. The van der Waals surface area contributed by atoms with Crippen LogP contribution in [0, 0.1) is 0 Å². The predicted octanol–water partition coefficient (Wildman–Crippen LogP) is 0.465. The highest BCUT2D eigenvalue weighted by Crippen LogP contribution is 2.02. The lowest BCUT2D eigenvalue weighted by Gasteiger charge is -2.03. The molecule has 0 bridgehead atoms. The lowest BCUT2D eigenvalue weighted by atomic mass is 10.4. The van der Waals surface area contributed by atoms with Crippen LogP contribution in [0.2, 0.25) is 0 Å². The van der Waals surface area contributed by atoms with Crippen LogP contribution in [0.25, 0.3) is 5.78 Å². The van der Waals surface area contributed by atoms with E-state index in [1.807, 2.05) is 22.9 Å². The Labute approximate surface area is 88.1 Å². The number of nitrogens with one attached hydrogen (secondary N) is 1. The fraction of sp³-hybridized carbons (Fsp3) is 0.400. The van der Waals surface area contributed by atoms with E-state index in [0.717, 1.165) is 31.2 Å². The summed E-state index contributed by atoms with van der Waals surface area (Å²) in [4.78, 5) is 8.34. The minimum Gasteiger partial charge on any atom is -0.383 e. The molecule has 2 aromatic rings. The molecule has 0 unspecified atom stereocenters. The van der Waals surface area contributed by atoms with Gasteiger partial charge in [0.15, 0.2) is 0 Å². The minimum absolute atomic E-state index is 0.717. The Balaban J connectivity index is 2.02. The number of ether oxygens (including phenoxy) is 1. The molecule has 5 nitrogen and oxygen atoms in total. The molecule has 5 heteroatoms. The van der Waals surface area contributed by atoms with Crippen molar-refractivity contribution in [1.29, 1.82) is 0 Å². The summed E-state index contributed by atoms with van der Waals surface area (Å²) in [6, 6.07) is 1.90. The molecule has 0 aliphatic rings. The number of nitrogens with zero attached hydrogens (tertiary/aromatic N) is 3. The monoisotopic (exact) mass is 206 g/mol. The van der Waals surface area contributed by atoms with E-state index in [1.165, 1.54) is 0 Å². The Hall–Kier alpha value is -1.46. The van der Waals surface area contributed by atoms with Gasteiger partial charge in [-0.25, -0.2) is 9.97 Å². The summed E-state index contributed by atoms with van der Waals surface area (Å²) in [6.45, 7) is 2.33. The Morgan fingerprint density at radius 2 is 2.40 bits per heavy atom. The van der Waals surface area contributed by atoms with Crippen LogP contribution >= 0.6 is 0 Å². The molecule has 0 aromatic carbocycles. The van der Waals surface area contributed by atoms with E-state index >= 15 is 0 Å². The van der Waals surface area contributed by atoms with E-state index in [1.54, 1.807) is 13.3 Å². The maximum absolute atomic E-state index is 4.95. The Kier molecular flexibility index (Phi) is 3.26. The molecule has 0 radical (unpaired) electrons. The first kappa shape index (κ1) is 10.1. The van der Waals surface area contributed by atoms with Crippen molar-refractivity contribution in [3.05, 3.63) is 30.4 Å². The van der Waals surface area contributed by atoms with E-state index in [4.69, 9.17) is 4.74 Å². The van der Waals surface area contributed by atoms with Crippen molar-refractivity contribution in [2.45, 2.75) is 6.54 Å². The number of rotatable bonds is 5. The Morgan fingerprint density at radius 1 is 1.47 bits per heavy atom. The predicted molar refractivity (Wildman–Crippen MR) is 56.6 cm³/mol. The van der Waals surface area contributed by atoms with Gasteiger partial charge in [-0.1, -0.05) is 0 Å². The summed E-state index contributed by atoms with van der Waals surface area (Å²) < 4.78 is 6.92. The molecule has 0 spiro atoms. The molecule has 0 fully saturated rings. The zero-order valence-corrected chi connectivity index (χ0v) is 8.68. The molecular formula is C10H14N4O. The Bertz CT molecular complexity index is 426. The molecule has 0 saturated heterocycles. The number of hydrogen-bond donors (Lipinski definition) is 1. The summed E-state index contributed by atoms with van der Waals surface area (Å²) in [7, 11) is 1.69. The fourth-order valence-electron chi connectivity index (χ4n) is 1.40. The average Bonchev–Trinajstić information content (AvgIpc) is 2.68. The van der Waals surface area contributed by atoms with Crippen LogP contribution in [-0.2, 0) is 11.3 Å². The molecule has 0 saturated carbocycles. The summed E-state index contributed by atoms with van der Waals surface area (Å²) >= 11 is 0. The zero-order valence-electron chi connectivity index (χ0n) is 8.68. The minimum atomic E-state index is 0.717. The molecule has 2 aromatic heterocycles. The third-order valence-electron chi connectivity index (χ3n) is 2.15. The first-order valence-corrected chi connectivity index (χ1v) is 4.88. The highest BCUT2D eigenvalue weighted by atomic mass is 16.5.